The van der Waals surface area contributed by atoms with Crippen LogP contribution in [0.3, 0.4) is 0 Å². The molecule has 1 aromatic rings. The summed E-state index contributed by atoms with van der Waals surface area (Å²) < 4.78 is 10.9. The maximum absolute atomic E-state index is 10.9. The topological polar surface area (TPSA) is 29.1 Å². The van der Waals surface area contributed by atoms with E-state index in [9.17, 15) is 4.21 Å². The first kappa shape index (κ1) is 12.9. The van der Waals surface area contributed by atoms with E-state index in [1.165, 1.54) is 5.56 Å². The lowest BCUT2D eigenvalue weighted by Gasteiger charge is -2.12. The van der Waals surface area contributed by atoms with Crippen molar-refractivity contribution in [2.75, 3.05) is 18.6 Å². The fraction of sp³-hybridized carbons (Fsp3) is 0.636. The van der Waals surface area contributed by atoms with Crippen molar-refractivity contribution in [3.8, 4) is 0 Å². The van der Waals surface area contributed by atoms with E-state index in [1.54, 1.807) is 17.6 Å². The molecule has 0 aliphatic heterocycles. The Labute approximate surface area is 98.6 Å². The van der Waals surface area contributed by atoms with Crippen LogP contribution in [-0.2, 0) is 17.2 Å². The zero-order valence-electron chi connectivity index (χ0n) is 9.36. The zero-order chi connectivity index (χ0) is 11.1. The first-order chi connectivity index (χ1) is 7.18. The summed E-state index contributed by atoms with van der Waals surface area (Å²) in [6.45, 7) is 3.16. The molecule has 2 nitrogen and oxygen atoms in total. The summed E-state index contributed by atoms with van der Waals surface area (Å²) in [5.41, 5.74) is 1.40. The molecular formula is C11H19NOS2. The molecule has 0 saturated carbocycles. The first-order valence-corrected chi connectivity index (χ1v) is 7.90. The summed E-state index contributed by atoms with van der Waals surface area (Å²) in [6, 6.07) is 2.63. The number of nitrogens with one attached hydrogen (secondary N) is 1. The molecule has 4 heteroatoms. The van der Waals surface area contributed by atoms with Crippen LogP contribution in [0.5, 0.6) is 0 Å². The fourth-order valence-corrected chi connectivity index (χ4v) is 2.73. The van der Waals surface area contributed by atoms with E-state index in [0.29, 0.717) is 6.04 Å². The van der Waals surface area contributed by atoms with Crippen molar-refractivity contribution in [2.24, 2.45) is 0 Å². The summed E-state index contributed by atoms with van der Waals surface area (Å²) in [7, 11) is -0.660. The van der Waals surface area contributed by atoms with Gasteiger partial charge in [0.05, 0.1) is 0 Å². The van der Waals surface area contributed by atoms with Crippen LogP contribution in [0.2, 0.25) is 0 Å². The van der Waals surface area contributed by atoms with Crippen LogP contribution in [0.15, 0.2) is 16.8 Å². The molecule has 0 aliphatic carbocycles. The summed E-state index contributed by atoms with van der Waals surface area (Å²) in [6.07, 6.45) is 3.84. The summed E-state index contributed by atoms with van der Waals surface area (Å²) in [4.78, 5) is 0. The molecule has 0 amide bonds. The van der Waals surface area contributed by atoms with Gasteiger partial charge >= 0.3 is 0 Å². The van der Waals surface area contributed by atoms with Gasteiger partial charge in [-0.25, -0.2) is 0 Å². The van der Waals surface area contributed by atoms with Crippen molar-refractivity contribution in [3.05, 3.63) is 22.4 Å². The number of hydrogen-bond donors (Lipinski definition) is 1. The lowest BCUT2D eigenvalue weighted by atomic mass is 10.2. The summed E-state index contributed by atoms with van der Waals surface area (Å²) in [5.74, 6) is 0.798. The molecule has 0 radical (unpaired) electrons. The average Bonchev–Trinajstić information content (AvgIpc) is 2.67. The highest BCUT2D eigenvalue weighted by Gasteiger charge is 2.02. The molecule has 86 valence electrons. The Morgan fingerprint density at radius 1 is 1.60 bits per heavy atom. The van der Waals surface area contributed by atoms with Crippen LogP contribution in [0.1, 0.15) is 18.9 Å². The molecule has 1 N–H and O–H groups in total. The highest BCUT2D eigenvalue weighted by molar-refractivity contribution is 7.84. The van der Waals surface area contributed by atoms with E-state index in [2.05, 4.69) is 29.1 Å². The number of rotatable bonds is 7. The Hall–Kier alpha value is -0.190. The fourth-order valence-electron chi connectivity index (χ4n) is 1.34. The van der Waals surface area contributed by atoms with Crippen molar-refractivity contribution < 1.29 is 4.21 Å². The monoisotopic (exact) mass is 245 g/mol. The van der Waals surface area contributed by atoms with E-state index in [1.807, 2.05) is 0 Å². The van der Waals surface area contributed by atoms with Crippen molar-refractivity contribution in [3.63, 3.8) is 0 Å². The molecule has 0 saturated heterocycles. The lowest BCUT2D eigenvalue weighted by Crippen LogP contribution is -2.29. The molecule has 0 fully saturated rings. The Bertz CT molecular complexity index is 285. The SMILES string of the molecule is CC(CCS(C)=O)NCCc1ccsc1. The van der Waals surface area contributed by atoms with E-state index in [-0.39, 0.29) is 0 Å². The first-order valence-electron chi connectivity index (χ1n) is 5.23. The molecule has 0 spiro atoms. The Morgan fingerprint density at radius 2 is 2.40 bits per heavy atom. The Morgan fingerprint density at radius 3 is 3.00 bits per heavy atom. The maximum atomic E-state index is 10.9. The van der Waals surface area contributed by atoms with E-state index in [0.717, 1.165) is 25.1 Å². The maximum Gasteiger partial charge on any atom is 0.0246 e. The second kappa shape index (κ2) is 7.14. The second-order valence-electron chi connectivity index (χ2n) is 3.80. The standard InChI is InChI=1S/C11H19NOS2/c1-10(5-8-15(2)13)12-6-3-11-4-7-14-9-11/h4,7,9-10,12H,3,5-6,8H2,1-2H3. The van der Waals surface area contributed by atoms with Gasteiger partial charge in [0.25, 0.3) is 0 Å². The van der Waals surface area contributed by atoms with Crippen LogP contribution in [0.25, 0.3) is 0 Å². The molecule has 0 bridgehead atoms. The minimum atomic E-state index is -0.660. The number of hydrogen-bond acceptors (Lipinski definition) is 3. The van der Waals surface area contributed by atoms with Gasteiger partial charge in [0.15, 0.2) is 0 Å². The van der Waals surface area contributed by atoms with Crippen molar-refractivity contribution in [1.82, 2.24) is 5.32 Å². The van der Waals surface area contributed by atoms with Gasteiger partial charge in [-0.1, -0.05) is 0 Å². The molecule has 2 atom stereocenters. The molecule has 1 rings (SSSR count). The van der Waals surface area contributed by atoms with Gasteiger partial charge in [-0.05, 0) is 48.7 Å². The van der Waals surface area contributed by atoms with Gasteiger partial charge in [-0.2, -0.15) is 11.3 Å². The van der Waals surface area contributed by atoms with Crippen LogP contribution in [-0.4, -0.2) is 28.8 Å². The molecular weight excluding hydrogens is 226 g/mol. The predicted molar refractivity (Wildman–Crippen MR) is 69.0 cm³/mol. The third kappa shape index (κ3) is 6.07. The van der Waals surface area contributed by atoms with Gasteiger partial charge in [0.1, 0.15) is 0 Å². The van der Waals surface area contributed by atoms with Gasteiger partial charge in [-0.3, -0.25) is 4.21 Å². The summed E-state index contributed by atoms with van der Waals surface area (Å²) in [5, 5.41) is 7.74. The summed E-state index contributed by atoms with van der Waals surface area (Å²) >= 11 is 1.74. The highest BCUT2D eigenvalue weighted by atomic mass is 32.2. The van der Waals surface area contributed by atoms with Gasteiger partial charge in [0, 0.05) is 28.9 Å². The van der Waals surface area contributed by atoms with Gasteiger partial charge in [0.2, 0.25) is 0 Å². The zero-order valence-corrected chi connectivity index (χ0v) is 11.0. The van der Waals surface area contributed by atoms with Crippen LogP contribution >= 0.6 is 11.3 Å². The minimum Gasteiger partial charge on any atom is -0.314 e. The molecule has 1 heterocycles. The van der Waals surface area contributed by atoms with Gasteiger partial charge in [-0.15, -0.1) is 0 Å². The Balaban J connectivity index is 2.06. The van der Waals surface area contributed by atoms with Crippen LogP contribution in [0.4, 0.5) is 0 Å². The van der Waals surface area contributed by atoms with Crippen molar-refractivity contribution in [1.29, 1.82) is 0 Å². The lowest BCUT2D eigenvalue weighted by molar-refractivity contribution is 0.538. The van der Waals surface area contributed by atoms with Crippen molar-refractivity contribution >= 4 is 22.1 Å². The van der Waals surface area contributed by atoms with E-state index < -0.39 is 10.8 Å². The predicted octanol–water partition coefficient (Wildman–Crippen LogP) is 2.04. The van der Waals surface area contributed by atoms with Crippen LogP contribution < -0.4 is 5.32 Å². The van der Waals surface area contributed by atoms with Crippen LogP contribution in [0, 0.1) is 0 Å². The molecule has 0 aliphatic rings. The molecule has 2 unspecified atom stereocenters. The Kier molecular flexibility index (Phi) is 6.13. The van der Waals surface area contributed by atoms with E-state index in [4.69, 9.17) is 0 Å². The molecule has 0 aromatic carbocycles. The molecule has 1 aromatic heterocycles. The largest absolute Gasteiger partial charge is 0.314 e. The number of thiophene rings is 1. The quantitative estimate of drug-likeness (QED) is 0.796. The normalized spacial score (nSPS) is 15.1. The second-order valence-corrected chi connectivity index (χ2v) is 6.14. The minimum absolute atomic E-state index is 0.465. The smallest absolute Gasteiger partial charge is 0.0246 e. The third-order valence-corrected chi connectivity index (χ3v) is 3.87. The average molecular weight is 245 g/mol. The molecule has 15 heavy (non-hydrogen) atoms. The highest BCUT2D eigenvalue weighted by Crippen LogP contribution is 2.05. The third-order valence-electron chi connectivity index (χ3n) is 2.32. The van der Waals surface area contributed by atoms with Gasteiger partial charge < -0.3 is 5.32 Å². The van der Waals surface area contributed by atoms with E-state index >= 15 is 0 Å². The van der Waals surface area contributed by atoms with Crippen molar-refractivity contribution in [2.45, 2.75) is 25.8 Å².